The highest BCUT2D eigenvalue weighted by atomic mass is 79.9. The number of benzene rings is 1. The maximum atomic E-state index is 12.8. The standard InChI is InChI=1S/C16H20BrN3O2/c17-12-8-11(9-13(10-12)19-5-1-2-6-19)16(22)20-7-3-4-14(20)15(18)21/h8-10,14H,1-7H2,(H2,18,21). The van der Waals surface area contributed by atoms with Crippen LogP contribution in [0.4, 0.5) is 5.69 Å². The number of primary amides is 1. The SMILES string of the molecule is NC(=O)C1CCCN1C(=O)c1cc(Br)cc(N2CCCC2)c1. The average Bonchev–Trinajstić information content (AvgIpc) is 3.17. The lowest BCUT2D eigenvalue weighted by atomic mass is 10.1. The van der Waals surface area contributed by atoms with Crippen molar-refractivity contribution in [1.29, 1.82) is 0 Å². The molecule has 0 saturated carbocycles. The molecule has 0 bridgehead atoms. The Morgan fingerprint density at radius 3 is 2.50 bits per heavy atom. The smallest absolute Gasteiger partial charge is 0.254 e. The Labute approximate surface area is 138 Å². The minimum Gasteiger partial charge on any atom is -0.371 e. The van der Waals surface area contributed by atoms with E-state index in [0.29, 0.717) is 18.5 Å². The largest absolute Gasteiger partial charge is 0.371 e. The number of halogens is 1. The monoisotopic (exact) mass is 365 g/mol. The van der Waals surface area contributed by atoms with Crippen molar-refractivity contribution >= 4 is 33.4 Å². The van der Waals surface area contributed by atoms with Gasteiger partial charge in [-0.3, -0.25) is 9.59 Å². The van der Waals surface area contributed by atoms with Crippen molar-refractivity contribution in [1.82, 2.24) is 4.90 Å². The van der Waals surface area contributed by atoms with Gasteiger partial charge in [0.2, 0.25) is 5.91 Å². The van der Waals surface area contributed by atoms with Gasteiger partial charge in [-0.05, 0) is 43.9 Å². The van der Waals surface area contributed by atoms with Crippen LogP contribution in [0.25, 0.3) is 0 Å². The van der Waals surface area contributed by atoms with Crippen LogP contribution in [0.2, 0.25) is 0 Å². The Morgan fingerprint density at radius 2 is 1.82 bits per heavy atom. The van der Waals surface area contributed by atoms with E-state index >= 15 is 0 Å². The Hall–Kier alpha value is -1.56. The fourth-order valence-corrected chi connectivity index (χ4v) is 3.81. The first-order chi connectivity index (χ1) is 10.6. The molecule has 2 saturated heterocycles. The molecule has 2 fully saturated rings. The highest BCUT2D eigenvalue weighted by Gasteiger charge is 2.33. The molecule has 1 aromatic carbocycles. The van der Waals surface area contributed by atoms with E-state index in [1.54, 1.807) is 4.90 Å². The number of likely N-dealkylation sites (tertiary alicyclic amines) is 1. The lowest BCUT2D eigenvalue weighted by molar-refractivity contribution is -0.121. The molecule has 0 aromatic heterocycles. The van der Waals surface area contributed by atoms with Crippen LogP contribution in [0.15, 0.2) is 22.7 Å². The van der Waals surface area contributed by atoms with Crippen molar-refractivity contribution < 1.29 is 9.59 Å². The lowest BCUT2D eigenvalue weighted by Crippen LogP contribution is -2.43. The molecule has 1 aromatic rings. The number of nitrogens with two attached hydrogens (primary N) is 1. The summed E-state index contributed by atoms with van der Waals surface area (Å²) >= 11 is 3.49. The molecule has 118 valence electrons. The van der Waals surface area contributed by atoms with Crippen molar-refractivity contribution in [3.05, 3.63) is 28.2 Å². The summed E-state index contributed by atoms with van der Waals surface area (Å²) in [6.45, 7) is 2.65. The third kappa shape index (κ3) is 2.97. The van der Waals surface area contributed by atoms with Gasteiger partial charge in [0.1, 0.15) is 6.04 Å². The second kappa shape index (κ2) is 6.28. The van der Waals surface area contributed by atoms with Gasteiger partial charge in [0, 0.05) is 35.4 Å². The maximum absolute atomic E-state index is 12.8. The molecule has 2 aliphatic rings. The number of carbonyl (C=O) groups is 2. The van der Waals surface area contributed by atoms with E-state index < -0.39 is 11.9 Å². The summed E-state index contributed by atoms with van der Waals surface area (Å²) in [5.74, 6) is -0.524. The molecular formula is C16H20BrN3O2. The Balaban J connectivity index is 1.87. The van der Waals surface area contributed by atoms with Gasteiger partial charge in [0.05, 0.1) is 0 Å². The van der Waals surface area contributed by atoms with Crippen LogP contribution < -0.4 is 10.6 Å². The van der Waals surface area contributed by atoms with E-state index in [1.807, 2.05) is 18.2 Å². The van der Waals surface area contributed by atoms with E-state index in [4.69, 9.17) is 5.73 Å². The van der Waals surface area contributed by atoms with E-state index in [0.717, 1.165) is 29.7 Å². The molecule has 1 atom stereocenters. The first-order valence-corrected chi connectivity index (χ1v) is 8.51. The fraction of sp³-hybridized carbons (Fsp3) is 0.500. The summed E-state index contributed by atoms with van der Waals surface area (Å²) in [5.41, 5.74) is 7.09. The van der Waals surface area contributed by atoms with Crippen molar-refractivity contribution in [2.24, 2.45) is 5.73 Å². The second-order valence-corrected chi connectivity index (χ2v) is 6.87. The third-order valence-corrected chi connectivity index (χ3v) is 4.90. The fourth-order valence-electron chi connectivity index (χ4n) is 3.33. The summed E-state index contributed by atoms with van der Waals surface area (Å²) < 4.78 is 0.884. The van der Waals surface area contributed by atoms with Gasteiger partial charge in [-0.15, -0.1) is 0 Å². The topological polar surface area (TPSA) is 66.6 Å². The third-order valence-electron chi connectivity index (χ3n) is 4.44. The zero-order valence-corrected chi connectivity index (χ0v) is 14.0. The van der Waals surface area contributed by atoms with Gasteiger partial charge in [0.25, 0.3) is 5.91 Å². The first-order valence-electron chi connectivity index (χ1n) is 7.72. The van der Waals surface area contributed by atoms with Gasteiger partial charge >= 0.3 is 0 Å². The van der Waals surface area contributed by atoms with E-state index in [-0.39, 0.29) is 5.91 Å². The van der Waals surface area contributed by atoms with Crippen LogP contribution in [-0.2, 0) is 4.79 Å². The molecular weight excluding hydrogens is 346 g/mol. The molecule has 0 aliphatic carbocycles. The maximum Gasteiger partial charge on any atom is 0.254 e. The van der Waals surface area contributed by atoms with Gasteiger partial charge < -0.3 is 15.5 Å². The summed E-state index contributed by atoms with van der Waals surface area (Å²) in [6.07, 6.45) is 3.86. The summed E-state index contributed by atoms with van der Waals surface area (Å²) in [6, 6.07) is 5.31. The molecule has 22 heavy (non-hydrogen) atoms. The van der Waals surface area contributed by atoms with Crippen LogP contribution in [0.3, 0.4) is 0 Å². The van der Waals surface area contributed by atoms with Crippen LogP contribution in [-0.4, -0.2) is 42.4 Å². The highest BCUT2D eigenvalue weighted by molar-refractivity contribution is 9.10. The molecule has 0 spiro atoms. The van der Waals surface area contributed by atoms with Crippen molar-refractivity contribution in [3.8, 4) is 0 Å². The zero-order chi connectivity index (χ0) is 15.7. The summed E-state index contributed by atoms with van der Waals surface area (Å²) in [5, 5.41) is 0. The molecule has 2 heterocycles. The van der Waals surface area contributed by atoms with E-state index in [9.17, 15) is 9.59 Å². The van der Waals surface area contributed by atoms with E-state index in [2.05, 4.69) is 20.8 Å². The number of anilines is 1. The molecule has 2 amide bonds. The molecule has 6 heteroatoms. The van der Waals surface area contributed by atoms with Crippen molar-refractivity contribution in [3.63, 3.8) is 0 Å². The Kier molecular flexibility index (Phi) is 4.38. The zero-order valence-electron chi connectivity index (χ0n) is 12.4. The van der Waals surface area contributed by atoms with Gasteiger partial charge in [-0.1, -0.05) is 15.9 Å². The normalized spacial score (nSPS) is 21.4. The number of hydrogen-bond acceptors (Lipinski definition) is 3. The predicted molar refractivity (Wildman–Crippen MR) is 88.8 cm³/mol. The number of amides is 2. The predicted octanol–water partition coefficient (Wildman–Crippen LogP) is 2.14. The number of nitrogens with zero attached hydrogens (tertiary/aromatic N) is 2. The molecule has 0 radical (unpaired) electrons. The minimum absolute atomic E-state index is 0.108. The van der Waals surface area contributed by atoms with Crippen molar-refractivity contribution in [2.45, 2.75) is 31.7 Å². The molecule has 3 rings (SSSR count). The Morgan fingerprint density at radius 1 is 1.09 bits per heavy atom. The van der Waals surface area contributed by atoms with Crippen molar-refractivity contribution in [2.75, 3.05) is 24.5 Å². The number of carbonyl (C=O) groups excluding carboxylic acids is 2. The second-order valence-electron chi connectivity index (χ2n) is 5.95. The number of rotatable bonds is 3. The van der Waals surface area contributed by atoms with Crippen LogP contribution >= 0.6 is 15.9 Å². The summed E-state index contributed by atoms with van der Waals surface area (Å²) in [7, 11) is 0. The van der Waals surface area contributed by atoms with Gasteiger partial charge in [-0.25, -0.2) is 0 Å². The molecule has 2 aliphatic heterocycles. The Bertz CT molecular complexity index is 599. The van der Waals surface area contributed by atoms with Crippen LogP contribution in [0, 0.1) is 0 Å². The van der Waals surface area contributed by atoms with E-state index in [1.165, 1.54) is 12.8 Å². The van der Waals surface area contributed by atoms with Gasteiger partial charge in [0.15, 0.2) is 0 Å². The minimum atomic E-state index is -0.471. The quantitative estimate of drug-likeness (QED) is 0.891. The van der Waals surface area contributed by atoms with Gasteiger partial charge in [-0.2, -0.15) is 0 Å². The first kappa shape index (κ1) is 15.3. The van der Waals surface area contributed by atoms with Crippen LogP contribution in [0.1, 0.15) is 36.0 Å². The highest BCUT2D eigenvalue weighted by Crippen LogP contribution is 2.28. The molecule has 1 unspecified atom stereocenters. The average molecular weight is 366 g/mol. The molecule has 2 N–H and O–H groups in total. The summed E-state index contributed by atoms with van der Waals surface area (Å²) in [4.78, 5) is 28.2. The van der Waals surface area contributed by atoms with Crippen LogP contribution in [0.5, 0.6) is 0 Å². The lowest BCUT2D eigenvalue weighted by Gasteiger charge is -2.24. The molecule has 5 nitrogen and oxygen atoms in total. The number of hydrogen-bond donors (Lipinski definition) is 1.